The van der Waals surface area contributed by atoms with Crippen molar-refractivity contribution in [3.05, 3.63) is 24.0 Å². The van der Waals surface area contributed by atoms with Gasteiger partial charge in [0.1, 0.15) is 17.5 Å². The van der Waals surface area contributed by atoms with Crippen LogP contribution in [0.15, 0.2) is 18.2 Å². The quantitative estimate of drug-likeness (QED) is 0.871. The predicted molar refractivity (Wildman–Crippen MR) is 102 cm³/mol. The van der Waals surface area contributed by atoms with Crippen LogP contribution < -0.4 is 10.2 Å². The second-order valence-electron chi connectivity index (χ2n) is 8.21. The van der Waals surface area contributed by atoms with Crippen LogP contribution in [0, 0.1) is 5.82 Å². The van der Waals surface area contributed by atoms with Crippen LogP contribution in [-0.4, -0.2) is 48.2 Å². The maximum absolute atomic E-state index is 14.0. The molecule has 7 heteroatoms. The Balaban J connectivity index is 1.70. The van der Waals surface area contributed by atoms with Gasteiger partial charge in [0, 0.05) is 31.0 Å². The van der Waals surface area contributed by atoms with Crippen molar-refractivity contribution in [1.29, 1.82) is 0 Å². The zero-order chi connectivity index (χ0) is 19.6. The van der Waals surface area contributed by atoms with E-state index >= 15 is 0 Å². The zero-order valence-corrected chi connectivity index (χ0v) is 16.3. The lowest BCUT2D eigenvalue weighted by Crippen LogP contribution is -2.45. The van der Waals surface area contributed by atoms with E-state index in [0.29, 0.717) is 18.7 Å². The Morgan fingerprint density at radius 2 is 1.81 bits per heavy atom. The molecule has 2 heterocycles. The minimum atomic E-state index is -0.617. The van der Waals surface area contributed by atoms with Crippen molar-refractivity contribution in [2.24, 2.45) is 0 Å². The molecule has 0 unspecified atom stereocenters. The summed E-state index contributed by atoms with van der Waals surface area (Å²) in [6.45, 7) is 7.65. The molecule has 1 atom stereocenters. The molecule has 2 amide bonds. The Kier molecular flexibility index (Phi) is 5.58. The summed E-state index contributed by atoms with van der Waals surface area (Å²) < 4.78 is 19.4. The number of nitrogens with zero attached hydrogens (tertiary/aromatic N) is 2. The van der Waals surface area contributed by atoms with Gasteiger partial charge >= 0.3 is 6.09 Å². The van der Waals surface area contributed by atoms with Crippen LogP contribution in [0.2, 0.25) is 0 Å². The molecule has 2 aliphatic rings. The summed E-state index contributed by atoms with van der Waals surface area (Å²) in [5.74, 6) is -0.693. The lowest BCUT2D eigenvalue weighted by atomic mass is 10.2. The number of hydrogen-bond acceptors (Lipinski definition) is 4. The van der Waals surface area contributed by atoms with E-state index in [1.54, 1.807) is 26.8 Å². The fraction of sp³-hybridized carbons (Fsp3) is 0.600. The van der Waals surface area contributed by atoms with Crippen LogP contribution in [0.25, 0.3) is 0 Å². The third-order valence-electron chi connectivity index (χ3n) is 4.80. The van der Waals surface area contributed by atoms with Crippen LogP contribution in [0.4, 0.5) is 20.6 Å². The number of carbonyl (C=O) groups is 2. The van der Waals surface area contributed by atoms with Gasteiger partial charge < -0.3 is 15.0 Å². The summed E-state index contributed by atoms with van der Waals surface area (Å²) in [4.78, 5) is 28.7. The number of rotatable bonds is 3. The van der Waals surface area contributed by atoms with Crippen LogP contribution in [0.3, 0.4) is 0 Å². The molecule has 148 valence electrons. The van der Waals surface area contributed by atoms with E-state index in [0.717, 1.165) is 38.0 Å². The van der Waals surface area contributed by atoms with Gasteiger partial charge in [-0.3, -0.25) is 9.69 Å². The number of likely N-dealkylation sites (tertiary alicyclic amines) is 1. The van der Waals surface area contributed by atoms with E-state index in [-0.39, 0.29) is 11.7 Å². The Morgan fingerprint density at radius 1 is 1.11 bits per heavy atom. The summed E-state index contributed by atoms with van der Waals surface area (Å²) in [6.07, 6.45) is 2.99. The molecule has 0 bridgehead atoms. The molecule has 2 aliphatic heterocycles. The van der Waals surface area contributed by atoms with Crippen molar-refractivity contribution in [3.8, 4) is 0 Å². The second-order valence-corrected chi connectivity index (χ2v) is 8.21. The fourth-order valence-corrected chi connectivity index (χ4v) is 3.61. The smallest absolute Gasteiger partial charge is 0.410 e. The van der Waals surface area contributed by atoms with E-state index in [4.69, 9.17) is 4.74 Å². The molecule has 0 aromatic heterocycles. The number of carbonyl (C=O) groups excluding carboxylic acids is 2. The van der Waals surface area contributed by atoms with Gasteiger partial charge in [0.25, 0.3) is 0 Å². The van der Waals surface area contributed by atoms with Crippen molar-refractivity contribution in [2.75, 3.05) is 29.9 Å². The van der Waals surface area contributed by atoms with Crippen LogP contribution >= 0.6 is 0 Å². The topological polar surface area (TPSA) is 61.9 Å². The molecule has 0 aliphatic carbocycles. The van der Waals surface area contributed by atoms with Crippen molar-refractivity contribution < 1.29 is 18.7 Å². The van der Waals surface area contributed by atoms with Gasteiger partial charge in [0.05, 0.1) is 0 Å². The molecule has 0 spiro atoms. The van der Waals surface area contributed by atoms with Gasteiger partial charge in [-0.25, -0.2) is 9.18 Å². The van der Waals surface area contributed by atoms with E-state index in [2.05, 4.69) is 10.2 Å². The Labute approximate surface area is 159 Å². The second kappa shape index (κ2) is 7.74. The Bertz CT molecular complexity index is 711. The molecule has 1 N–H and O–H groups in total. The number of nitrogens with one attached hydrogen (secondary N) is 1. The first-order valence-corrected chi connectivity index (χ1v) is 9.59. The highest BCUT2D eigenvalue weighted by Gasteiger charge is 2.36. The van der Waals surface area contributed by atoms with Crippen molar-refractivity contribution in [2.45, 2.75) is 58.1 Å². The Hall–Kier alpha value is -2.31. The largest absolute Gasteiger partial charge is 0.444 e. The fourth-order valence-electron chi connectivity index (χ4n) is 3.61. The molecular formula is C20H28FN3O3. The summed E-state index contributed by atoms with van der Waals surface area (Å²) in [5, 5.41) is 2.78. The SMILES string of the molecule is CC(C)(C)OC(=O)N1CCC[C@H]1C(=O)Nc1cc(F)cc(N2CCCC2)c1. The van der Waals surface area contributed by atoms with Gasteiger partial charge in [-0.1, -0.05) is 0 Å². The molecule has 1 aromatic rings. The minimum absolute atomic E-state index is 0.309. The first-order chi connectivity index (χ1) is 12.7. The summed E-state index contributed by atoms with van der Waals surface area (Å²) >= 11 is 0. The average molecular weight is 377 g/mol. The van der Waals surface area contributed by atoms with Gasteiger partial charge in [-0.15, -0.1) is 0 Å². The molecule has 27 heavy (non-hydrogen) atoms. The summed E-state index contributed by atoms with van der Waals surface area (Å²) in [7, 11) is 0. The number of benzene rings is 1. The number of ether oxygens (including phenoxy) is 1. The van der Waals surface area contributed by atoms with E-state index in [1.165, 1.54) is 17.0 Å². The third-order valence-corrected chi connectivity index (χ3v) is 4.80. The number of amides is 2. The molecule has 2 fully saturated rings. The monoisotopic (exact) mass is 377 g/mol. The normalized spacial score (nSPS) is 20.1. The standard InChI is InChI=1S/C20H28FN3O3/c1-20(2,3)27-19(26)24-10-6-7-17(24)18(25)22-15-11-14(21)12-16(13-15)23-8-4-5-9-23/h11-13,17H,4-10H2,1-3H3,(H,22,25)/t17-/m0/s1. The predicted octanol–water partition coefficient (Wildman–Crippen LogP) is 3.76. The summed E-state index contributed by atoms with van der Waals surface area (Å²) in [6, 6.07) is 3.99. The molecule has 2 saturated heterocycles. The first-order valence-electron chi connectivity index (χ1n) is 9.59. The van der Waals surface area contributed by atoms with Crippen LogP contribution in [0.5, 0.6) is 0 Å². The van der Waals surface area contributed by atoms with Gasteiger partial charge in [-0.05, 0) is 64.7 Å². The lowest BCUT2D eigenvalue weighted by Gasteiger charge is -2.28. The zero-order valence-electron chi connectivity index (χ0n) is 16.3. The highest BCUT2D eigenvalue weighted by Crippen LogP contribution is 2.27. The van der Waals surface area contributed by atoms with Crippen molar-refractivity contribution in [3.63, 3.8) is 0 Å². The summed E-state index contributed by atoms with van der Waals surface area (Å²) in [5.41, 5.74) is 0.574. The molecular weight excluding hydrogens is 349 g/mol. The Morgan fingerprint density at radius 3 is 2.48 bits per heavy atom. The number of anilines is 2. The highest BCUT2D eigenvalue weighted by molar-refractivity contribution is 5.97. The van der Waals surface area contributed by atoms with Crippen LogP contribution in [-0.2, 0) is 9.53 Å². The van der Waals surface area contributed by atoms with E-state index in [9.17, 15) is 14.0 Å². The number of halogens is 1. The maximum Gasteiger partial charge on any atom is 0.410 e. The average Bonchev–Trinajstić information content (AvgIpc) is 3.24. The third kappa shape index (κ3) is 4.90. The molecule has 1 aromatic carbocycles. The molecule has 3 rings (SSSR count). The van der Waals surface area contributed by atoms with Crippen molar-refractivity contribution >= 4 is 23.4 Å². The van der Waals surface area contributed by atoms with Gasteiger partial charge in [-0.2, -0.15) is 0 Å². The number of hydrogen-bond donors (Lipinski definition) is 1. The lowest BCUT2D eigenvalue weighted by molar-refractivity contribution is -0.120. The van der Waals surface area contributed by atoms with Gasteiger partial charge in [0.2, 0.25) is 5.91 Å². The molecule has 0 saturated carbocycles. The van der Waals surface area contributed by atoms with Gasteiger partial charge in [0.15, 0.2) is 0 Å². The van der Waals surface area contributed by atoms with E-state index in [1.807, 2.05) is 0 Å². The molecule has 0 radical (unpaired) electrons. The maximum atomic E-state index is 14.0. The van der Waals surface area contributed by atoms with E-state index < -0.39 is 17.7 Å². The molecule has 6 nitrogen and oxygen atoms in total. The van der Waals surface area contributed by atoms with Crippen molar-refractivity contribution in [1.82, 2.24) is 4.90 Å². The minimum Gasteiger partial charge on any atom is -0.444 e. The highest BCUT2D eigenvalue weighted by atomic mass is 19.1. The van der Waals surface area contributed by atoms with Crippen LogP contribution in [0.1, 0.15) is 46.5 Å². The first kappa shape index (κ1) is 19.5.